The van der Waals surface area contributed by atoms with Gasteiger partial charge in [0.05, 0.1) is 0 Å². The molecule has 74 valence electrons. The number of nitrogens with one attached hydrogen (secondary N) is 1. The SMILES string of the molecule is N=C(N)N(C(=O)O)C1CCCCC1. The number of guanidine groups is 1. The molecule has 4 N–H and O–H groups in total. The summed E-state index contributed by atoms with van der Waals surface area (Å²) in [5.41, 5.74) is 5.20. The van der Waals surface area contributed by atoms with Crippen LogP contribution in [0.1, 0.15) is 32.1 Å². The van der Waals surface area contributed by atoms with Crippen LogP contribution in [0.3, 0.4) is 0 Å². The van der Waals surface area contributed by atoms with E-state index in [9.17, 15) is 4.79 Å². The maximum absolute atomic E-state index is 10.7. The molecule has 0 bridgehead atoms. The van der Waals surface area contributed by atoms with E-state index in [0.29, 0.717) is 0 Å². The predicted octanol–water partition coefficient (Wildman–Crippen LogP) is 1.19. The fraction of sp³-hybridized carbons (Fsp3) is 0.750. The summed E-state index contributed by atoms with van der Waals surface area (Å²) in [7, 11) is 0. The Morgan fingerprint density at radius 2 is 1.92 bits per heavy atom. The first-order valence-electron chi connectivity index (χ1n) is 4.49. The minimum atomic E-state index is -1.11. The predicted molar refractivity (Wildman–Crippen MR) is 48.7 cm³/mol. The van der Waals surface area contributed by atoms with E-state index in [4.69, 9.17) is 16.2 Å². The molecule has 1 saturated carbocycles. The smallest absolute Gasteiger partial charge is 0.414 e. The lowest BCUT2D eigenvalue weighted by Crippen LogP contribution is -2.48. The van der Waals surface area contributed by atoms with Crippen LogP contribution in [0.2, 0.25) is 0 Å². The summed E-state index contributed by atoms with van der Waals surface area (Å²) in [6, 6.07) is -0.0799. The Morgan fingerprint density at radius 1 is 1.38 bits per heavy atom. The number of carboxylic acid groups (broad SMARTS) is 1. The van der Waals surface area contributed by atoms with Crippen LogP contribution in [-0.2, 0) is 0 Å². The Morgan fingerprint density at radius 3 is 2.31 bits per heavy atom. The molecule has 0 unspecified atom stereocenters. The number of nitrogens with two attached hydrogens (primary N) is 1. The van der Waals surface area contributed by atoms with E-state index in [2.05, 4.69) is 0 Å². The van der Waals surface area contributed by atoms with Crippen LogP contribution in [-0.4, -0.2) is 28.1 Å². The first-order chi connectivity index (χ1) is 6.13. The Labute approximate surface area is 77.0 Å². The molecule has 1 rings (SSSR count). The number of hydrogen-bond donors (Lipinski definition) is 3. The van der Waals surface area contributed by atoms with Crippen LogP contribution in [0.5, 0.6) is 0 Å². The molecular weight excluding hydrogens is 170 g/mol. The molecule has 0 radical (unpaired) electrons. The third kappa shape index (κ3) is 2.34. The fourth-order valence-corrected chi connectivity index (χ4v) is 1.80. The molecule has 1 aliphatic carbocycles. The number of carbonyl (C=O) groups is 1. The lowest BCUT2D eigenvalue weighted by atomic mass is 9.94. The molecule has 0 aliphatic heterocycles. The highest BCUT2D eigenvalue weighted by atomic mass is 16.4. The zero-order chi connectivity index (χ0) is 9.84. The normalized spacial score (nSPS) is 18.2. The summed E-state index contributed by atoms with van der Waals surface area (Å²) in [4.78, 5) is 11.7. The molecule has 0 atom stereocenters. The summed E-state index contributed by atoms with van der Waals surface area (Å²) in [5.74, 6) is -0.362. The molecule has 1 amide bonds. The van der Waals surface area contributed by atoms with Gasteiger partial charge in [0.1, 0.15) is 0 Å². The molecule has 0 aromatic rings. The van der Waals surface area contributed by atoms with Crippen molar-refractivity contribution >= 4 is 12.1 Å². The van der Waals surface area contributed by atoms with E-state index in [1.807, 2.05) is 0 Å². The highest BCUT2D eigenvalue weighted by Crippen LogP contribution is 2.22. The maximum Gasteiger partial charge on any atom is 0.414 e. The van der Waals surface area contributed by atoms with Gasteiger partial charge in [-0.3, -0.25) is 5.41 Å². The molecule has 0 heterocycles. The van der Waals surface area contributed by atoms with Crippen molar-refractivity contribution in [1.29, 1.82) is 5.41 Å². The van der Waals surface area contributed by atoms with Gasteiger partial charge in [-0.25, -0.2) is 9.69 Å². The molecule has 0 aromatic heterocycles. The van der Waals surface area contributed by atoms with Gasteiger partial charge >= 0.3 is 6.09 Å². The van der Waals surface area contributed by atoms with Crippen LogP contribution in [0.25, 0.3) is 0 Å². The van der Waals surface area contributed by atoms with Crippen molar-refractivity contribution in [3.05, 3.63) is 0 Å². The van der Waals surface area contributed by atoms with Crippen LogP contribution in [0.15, 0.2) is 0 Å². The van der Waals surface area contributed by atoms with E-state index < -0.39 is 6.09 Å². The molecule has 5 heteroatoms. The van der Waals surface area contributed by atoms with E-state index >= 15 is 0 Å². The Bertz CT molecular complexity index is 197. The second-order valence-corrected chi connectivity index (χ2v) is 3.33. The molecule has 1 fully saturated rings. The van der Waals surface area contributed by atoms with Gasteiger partial charge in [0.15, 0.2) is 5.96 Å². The van der Waals surface area contributed by atoms with Crippen LogP contribution in [0.4, 0.5) is 4.79 Å². The minimum absolute atomic E-state index is 0.0799. The first kappa shape index (κ1) is 9.83. The first-order valence-corrected chi connectivity index (χ1v) is 4.49. The lowest BCUT2D eigenvalue weighted by molar-refractivity contribution is 0.145. The maximum atomic E-state index is 10.7. The molecule has 0 aromatic carbocycles. The zero-order valence-corrected chi connectivity index (χ0v) is 7.49. The van der Waals surface area contributed by atoms with Crippen molar-refractivity contribution in [1.82, 2.24) is 4.90 Å². The second kappa shape index (κ2) is 4.11. The van der Waals surface area contributed by atoms with Gasteiger partial charge in [-0.05, 0) is 12.8 Å². The van der Waals surface area contributed by atoms with Gasteiger partial charge in [0, 0.05) is 6.04 Å². The number of amides is 1. The molecule has 0 spiro atoms. The number of nitrogens with zero attached hydrogens (tertiary/aromatic N) is 1. The molecule has 13 heavy (non-hydrogen) atoms. The quantitative estimate of drug-likeness (QED) is 0.423. The molecule has 5 nitrogen and oxygen atoms in total. The van der Waals surface area contributed by atoms with Gasteiger partial charge < -0.3 is 10.8 Å². The summed E-state index contributed by atoms with van der Waals surface area (Å²) < 4.78 is 0. The van der Waals surface area contributed by atoms with Crippen molar-refractivity contribution in [2.45, 2.75) is 38.1 Å². The standard InChI is InChI=1S/C8H15N3O2/c9-7(10)11(8(12)13)6-4-2-1-3-5-6/h6H,1-5H2,(H3,9,10)(H,12,13). The van der Waals surface area contributed by atoms with Crippen molar-refractivity contribution in [3.8, 4) is 0 Å². The van der Waals surface area contributed by atoms with Crippen molar-refractivity contribution in [3.63, 3.8) is 0 Å². The van der Waals surface area contributed by atoms with E-state index in [1.165, 1.54) is 0 Å². The van der Waals surface area contributed by atoms with E-state index in [-0.39, 0.29) is 12.0 Å². The molecule has 0 saturated heterocycles. The summed E-state index contributed by atoms with van der Waals surface area (Å²) in [6.07, 6.45) is 3.75. The van der Waals surface area contributed by atoms with Crippen LogP contribution >= 0.6 is 0 Å². The Balaban J connectivity index is 2.62. The topological polar surface area (TPSA) is 90.4 Å². The van der Waals surface area contributed by atoms with Crippen molar-refractivity contribution < 1.29 is 9.90 Å². The van der Waals surface area contributed by atoms with Gasteiger partial charge in [-0.2, -0.15) is 0 Å². The monoisotopic (exact) mass is 185 g/mol. The van der Waals surface area contributed by atoms with Crippen LogP contribution < -0.4 is 5.73 Å². The average molecular weight is 185 g/mol. The third-order valence-electron chi connectivity index (χ3n) is 2.41. The molecule has 1 aliphatic rings. The zero-order valence-electron chi connectivity index (χ0n) is 7.49. The van der Waals surface area contributed by atoms with Gasteiger partial charge in [-0.15, -0.1) is 0 Å². The van der Waals surface area contributed by atoms with Crippen molar-refractivity contribution in [2.75, 3.05) is 0 Å². The summed E-state index contributed by atoms with van der Waals surface area (Å²) in [5, 5.41) is 15.9. The average Bonchev–Trinajstić information content (AvgIpc) is 2.04. The van der Waals surface area contributed by atoms with E-state index in [0.717, 1.165) is 37.0 Å². The second-order valence-electron chi connectivity index (χ2n) is 3.33. The molecular formula is C8H15N3O2. The minimum Gasteiger partial charge on any atom is -0.465 e. The number of rotatable bonds is 1. The Hall–Kier alpha value is -1.26. The largest absolute Gasteiger partial charge is 0.465 e. The summed E-state index contributed by atoms with van der Waals surface area (Å²) >= 11 is 0. The lowest BCUT2D eigenvalue weighted by Gasteiger charge is -2.30. The highest BCUT2D eigenvalue weighted by molar-refractivity contribution is 5.90. The Kier molecular flexibility index (Phi) is 3.11. The van der Waals surface area contributed by atoms with Gasteiger partial charge in [-0.1, -0.05) is 19.3 Å². The van der Waals surface area contributed by atoms with Crippen molar-refractivity contribution in [2.24, 2.45) is 5.73 Å². The van der Waals surface area contributed by atoms with Crippen LogP contribution in [0, 0.1) is 5.41 Å². The third-order valence-corrected chi connectivity index (χ3v) is 2.41. The highest BCUT2D eigenvalue weighted by Gasteiger charge is 2.26. The van der Waals surface area contributed by atoms with Gasteiger partial charge in [0.2, 0.25) is 0 Å². The fourth-order valence-electron chi connectivity index (χ4n) is 1.80. The van der Waals surface area contributed by atoms with Gasteiger partial charge in [0.25, 0.3) is 0 Å². The van der Waals surface area contributed by atoms with E-state index in [1.54, 1.807) is 0 Å². The number of hydrogen-bond acceptors (Lipinski definition) is 2. The summed E-state index contributed by atoms with van der Waals surface area (Å²) in [6.45, 7) is 0.